The van der Waals surface area contributed by atoms with Gasteiger partial charge in [-0.1, -0.05) is 72.0 Å². The number of fused-ring (bicyclic) bond motifs is 1. The summed E-state index contributed by atoms with van der Waals surface area (Å²) in [5.74, 6) is 0.855. The molecule has 0 saturated heterocycles. The largest absolute Gasteiger partial charge is 0.493 e. The molecule has 0 radical (unpaired) electrons. The van der Waals surface area contributed by atoms with Gasteiger partial charge in [-0.15, -0.1) is 0 Å². The third kappa shape index (κ3) is 5.63. The fourth-order valence-corrected chi connectivity index (χ4v) is 5.14. The molecule has 6 nitrogen and oxygen atoms in total. The van der Waals surface area contributed by atoms with Gasteiger partial charge in [-0.05, 0) is 38.2 Å². The van der Waals surface area contributed by atoms with Crippen molar-refractivity contribution in [3.8, 4) is 11.5 Å². The summed E-state index contributed by atoms with van der Waals surface area (Å²) >= 11 is 1.49. The van der Waals surface area contributed by atoms with Crippen molar-refractivity contribution in [2.24, 2.45) is 0 Å². The minimum absolute atomic E-state index is 0.0131. The van der Waals surface area contributed by atoms with E-state index in [4.69, 9.17) is 14.5 Å². The van der Waals surface area contributed by atoms with Gasteiger partial charge >= 0.3 is 0 Å². The maximum Gasteiger partial charge on any atom is 0.240 e. The second-order valence-corrected chi connectivity index (χ2v) is 9.58. The van der Waals surface area contributed by atoms with Crippen molar-refractivity contribution in [2.75, 3.05) is 46.3 Å². The van der Waals surface area contributed by atoms with Crippen LogP contribution in [0.15, 0.2) is 72.8 Å². The quantitative estimate of drug-likeness (QED) is 0.297. The Kier molecular flexibility index (Phi) is 8.00. The van der Waals surface area contributed by atoms with E-state index in [1.54, 1.807) is 14.2 Å². The lowest BCUT2D eigenvalue weighted by molar-refractivity contribution is -0.119. The molecule has 0 N–H and O–H groups in total. The number of aromatic nitrogens is 1. The smallest absolute Gasteiger partial charge is 0.240 e. The lowest BCUT2D eigenvalue weighted by Crippen LogP contribution is -2.37. The number of anilines is 1. The summed E-state index contributed by atoms with van der Waals surface area (Å²) in [7, 11) is 7.31. The monoisotopic (exact) mass is 489 g/mol. The maximum absolute atomic E-state index is 14.3. The third-order valence-corrected chi connectivity index (χ3v) is 6.92. The molecule has 0 aliphatic rings. The number of benzene rings is 3. The SMILES string of the molecule is COc1cc2nc(N(CCCN(C)C)C(=O)C(c3ccccc3)c3ccccc3)sc2cc1OC. The van der Waals surface area contributed by atoms with Gasteiger partial charge in [-0.2, -0.15) is 0 Å². The average molecular weight is 490 g/mol. The van der Waals surface area contributed by atoms with Crippen molar-refractivity contribution in [1.82, 2.24) is 9.88 Å². The minimum Gasteiger partial charge on any atom is -0.493 e. The highest BCUT2D eigenvalue weighted by Gasteiger charge is 2.30. The van der Waals surface area contributed by atoms with E-state index in [9.17, 15) is 4.79 Å². The van der Waals surface area contributed by atoms with Crippen LogP contribution in [0.3, 0.4) is 0 Å². The number of rotatable bonds is 10. The van der Waals surface area contributed by atoms with E-state index in [1.807, 2.05) is 91.8 Å². The molecular formula is C28H31N3O3S. The standard InChI is InChI=1S/C28H31N3O3S/c1-30(2)16-11-17-31(28-29-22-18-23(33-3)24(34-4)19-25(22)35-28)27(32)26(20-12-7-5-8-13-20)21-14-9-6-10-15-21/h5-10,12-15,18-19,26H,11,16-17H2,1-4H3. The van der Waals surface area contributed by atoms with Crippen LogP contribution in [0.1, 0.15) is 23.5 Å². The van der Waals surface area contributed by atoms with Gasteiger partial charge in [0.15, 0.2) is 16.6 Å². The fraction of sp³-hybridized carbons (Fsp3) is 0.286. The Balaban J connectivity index is 1.78. The van der Waals surface area contributed by atoms with Gasteiger partial charge in [-0.25, -0.2) is 4.98 Å². The van der Waals surface area contributed by atoms with E-state index < -0.39 is 5.92 Å². The van der Waals surface area contributed by atoms with E-state index in [0.29, 0.717) is 23.2 Å². The van der Waals surface area contributed by atoms with Gasteiger partial charge in [0.1, 0.15) is 0 Å². The van der Waals surface area contributed by atoms with Crippen LogP contribution in [-0.2, 0) is 4.79 Å². The first-order chi connectivity index (χ1) is 17.0. The number of methoxy groups -OCH3 is 2. The molecule has 4 rings (SSSR count). The van der Waals surface area contributed by atoms with Crippen molar-refractivity contribution < 1.29 is 14.3 Å². The Morgan fingerprint density at radius 1 is 0.886 bits per heavy atom. The van der Waals surface area contributed by atoms with E-state index in [1.165, 1.54) is 11.3 Å². The number of nitrogens with zero attached hydrogens (tertiary/aromatic N) is 3. The highest BCUT2D eigenvalue weighted by Crippen LogP contribution is 2.38. The van der Waals surface area contributed by atoms with Gasteiger partial charge in [0.2, 0.25) is 5.91 Å². The Bertz CT molecular complexity index is 1180. The number of ether oxygens (including phenoxy) is 2. The first-order valence-corrected chi connectivity index (χ1v) is 12.4. The lowest BCUT2D eigenvalue weighted by atomic mass is 9.90. The zero-order valence-electron chi connectivity index (χ0n) is 20.6. The van der Waals surface area contributed by atoms with E-state index in [-0.39, 0.29) is 5.91 Å². The molecule has 0 spiro atoms. The van der Waals surface area contributed by atoms with Crippen LogP contribution in [0.5, 0.6) is 11.5 Å². The maximum atomic E-state index is 14.3. The Labute approximate surface area is 210 Å². The topological polar surface area (TPSA) is 54.9 Å². The molecule has 0 aliphatic heterocycles. The number of amides is 1. The predicted molar refractivity (Wildman–Crippen MR) is 143 cm³/mol. The molecule has 35 heavy (non-hydrogen) atoms. The summed E-state index contributed by atoms with van der Waals surface area (Å²) in [4.78, 5) is 23.1. The van der Waals surface area contributed by atoms with Gasteiger partial charge in [0.05, 0.1) is 30.4 Å². The Hall–Kier alpha value is -3.42. The average Bonchev–Trinajstić information content (AvgIpc) is 3.29. The summed E-state index contributed by atoms with van der Waals surface area (Å²) in [6.45, 7) is 1.44. The van der Waals surface area contributed by atoms with Crippen LogP contribution in [0.4, 0.5) is 5.13 Å². The zero-order chi connectivity index (χ0) is 24.8. The lowest BCUT2D eigenvalue weighted by Gasteiger charge is -2.26. The number of carbonyl (C=O) groups is 1. The summed E-state index contributed by atoms with van der Waals surface area (Å²) in [6.07, 6.45) is 0.831. The molecule has 1 amide bonds. The van der Waals surface area contributed by atoms with Gasteiger partial charge in [0, 0.05) is 18.7 Å². The summed E-state index contributed by atoms with van der Waals surface area (Å²) < 4.78 is 11.9. The molecule has 0 saturated carbocycles. The second-order valence-electron chi connectivity index (χ2n) is 8.57. The third-order valence-electron chi connectivity index (χ3n) is 5.88. The molecule has 182 valence electrons. The Morgan fingerprint density at radius 3 is 2.00 bits per heavy atom. The molecule has 0 bridgehead atoms. The molecule has 0 atom stereocenters. The van der Waals surface area contributed by atoms with Crippen molar-refractivity contribution >= 4 is 32.6 Å². The van der Waals surface area contributed by atoms with Gasteiger partial charge in [-0.3, -0.25) is 9.69 Å². The molecule has 1 heterocycles. The minimum atomic E-state index is -0.423. The number of hydrogen-bond donors (Lipinski definition) is 0. The molecular weight excluding hydrogens is 458 g/mol. The van der Waals surface area contributed by atoms with Crippen molar-refractivity contribution in [3.63, 3.8) is 0 Å². The summed E-state index contributed by atoms with van der Waals surface area (Å²) in [5.41, 5.74) is 2.71. The number of carbonyl (C=O) groups excluding carboxylic acids is 1. The highest BCUT2D eigenvalue weighted by molar-refractivity contribution is 7.22. The zero-order valence-corrected chi connectivity index (χ0v) is 21.4. The summed E-state index contributed by atoms with van der Waals surface area (Å²) in [6, 6.07) is 23.7. The summed E-state index contributed by atoms with van der Waals surface area (Å²) in [5, 5.41) is 0.677. The van der Waals surface area contributed by atoms with E-state index >= 15 is 0 Å². The van der Waals surface area contributed by atoms with Crippen LogP contribution < -0.4 is 14.4 Å². The molecule has 0 aliphatic carbocycles. The second kappa shape index (κ2) is 11.3. The number of thiazole rings is 1. The van der Waals surface area contributed by atoms with E-state index in [2.05, 4.69) is 4.90 Å². The van der Waals surface area contributed by atoms with Gasteiger partial charge < -0.3 is 14.4 Å². The van der Waals surface area contributed by atoms with Crippen LogP contribution in [0.2, 0.25) is 0 Å². The van der Waals surface area contributed by atoms with Crippen molar-refractivity contribution in [2.45, 2.75) is 12.3 Å². The molecule has 0 unspecified atom stereocenters. The van der Waals surface area contributed by atoms with Gasteiger partial charge in [0.25, 0.3) is 0 Å². The van der Waals surface area contributed by atoms with Crippen LogP contribution in [0, 0.1) is 0 Å². The molecule has 1 aromatic heterocycles. The van der Waals surface area contributed by atoms with Crippen molar-refractivity contribution in [3.05, 3.63) is 83.9 Å². The molecule has 3 aromatic carbocycles. The first-order valence-electron chi connectivity index (χ1n) is 11.6. The van der Waals surface area contributed by atoms with Crippen LogP contribution in [-0.4, -0.2) is 57.2 Å². The molecule has 4 aromatic rings. The highest BCUT2D eigenvalue weighted by atomic mass is 32.1. The number of hydrogen-bond acceptors (Lipinski definition) is 6. The van der Waals surface area contributed by atoms with Crippen molar-refractivity contribution in [1.29, 1.82) is 0 Å². The van der Waals surface area contributed by atoms with Crippen LogP contribution >= 0.6 is 11.3 Å². The molecule has 7 heteroatoms. The fourth-order valence-electron chi connectivity index (χ4n) is 4.13. The predicted octanol–water partition coefficient (Wildman–Crippen LogP) is 5.43. The molecule has 0 fully saturated rings. The Morgan fingerprint density at radius 2 is 1.46 bits per heavy atom. The first kappa shape index (κ1) is 24.7. The van der Waals surface area contributed by atoms with E-state index in [0.717, 1.165) is 34.3 Å². The van der Waals surface area contributed by atoms with Crippen LogP contribution in [0.25, 0.3) is 10.2 Å². The normalized spacial score (nSPS) is 11.3.